The van der Waals surface area contributed by atoms with Gasteiger partial charge in [0, 0.05) is 37.8 Å². The zero-order chi connectivity index (χ0) is 18.5. The van der Waals surface area contributed by atoms with Crippen molar-refractivity contribution in [1.29, 1.82) is 0 Å². The largest absolute Gasteiger partial charge is 0.493 e. The van der Waals surface area contributed by atoms with Gasteiger partial charge >= 0.3 is 0 Å². The van der Waals surface area contributed by atoms with E-state index in [1.165, 1.54) is 0 Å². The van der Waals surface area contributed by atoms with Crippen molar-refractivity contribution in [3.63, 3.8) is 0 Å². The lowest BCUT2D eigenvalue weighted by Crippen LogP contribution is -2.08. The Bertz CT molecular complexity index is 898. The van der Waals surface area contributed by atoms with Crippen LogP contribution in [0.15, 0.2) is 53.7 Å². The van der Waals surface area contributed by atoms with E-state index in [-0.39, 0.29) is 0 Å². The Kier molecular flexibility index (Phi) is 5.22. The van der Waals surface area contributed by atoms with Gasteiger partial charge in [-0.2, -0.15) is 0 Å². The third kappa shape index (κ3) is 3.85. The molecule has 6 heteroatoms. The maximum absolute atomic E-state index is 5.34. The van der Waals surface area contributed by atoms with Gasteiger partial charge in [0.1, 0.15) is 5.82 Å². The SMILES string of the molecule is COc1ccc(-c2nc(N=Cc3ccc(N(C)C)cc3)c[nH]2)cc1OC. The molecule has 0 saturated heterocycles. The number of rotatable bonds is 6. The van der Waals surface area contributed by atoms with Gasteiger partial charge in [0.25, 0.3) is 0 Å². The summed E-state index contributed by atoms with van der Waals surface area (Å²) < 4.78 is 10.6. The van der Waals surface area contributed by atoms with E-state index in [9.17, 15) is 0 Å². The van der Waals surface area contributed by atoms with Gasteiger partial charge in [0.2, 0.25) is 0 Å². The predicted octanol–water partition coefficient (Wildman–Crippen LogP) is 3.91. The average Bonchev–Trinajstić information content (AvgIpc) is 3.15. The van der Waals surface area contributed by atoms with Crippen LogP contribution in [0.2, 0.25) is 0 Å². The lowest BCUT2D eigenvalue weighted by atomic mass is 10.2. The summed E-state index contributed by atoms with van der Waals surface area (Å²) >= 11 is 0. The van der Waals surface area contributed by atoms with Crippen molar-refractivity contribution in [2.45, 2.75) is 0 Å². The Balaban J connectivity index is 1.77. The van der Waals surface area contributed by atoms with Gasteiger partial charge in [-0.1, -0.05) is 12.1 Å². The molecule has 1 heterocycles. The van der Waals surface area contributed by atoms with Crippen LogP contribution in [-0.4, -0.2) is 44.5 Å². The fraction of sp³-hybridized carbons (Fsp3) is 0.200. The number of aromatic amines is 1. The number of anilines is 1. The second kappa shape index (κ2) is 7.74. The van der Waals surface area contributed by atoms with Gasteiger partial charge in [-0.15, -0.1) is 0 Å². The third-order valence-corrected chi connectivity index (χ3v) is 3.98. The van der Waals surface area contributed by atoms with Crippen LogP contribution < -0.4 is 14.4 Å². The first kappa shape index (κ1) is 17.5. The van der Waals surface area contributed by atoms with E-state index >= 15 is 0 Å². The van der Waals surface area contributed by atoms with Crippen LogP contribution in [-0.2, 0) is 0 Å². The highest BCUT2D eigenvalue weighted by Gasteiger charge is 2.08. The van der Waals surface area contributed by atoms with Crippen molar-refractivity contribution in [2.24, 2.45) is 4.99 Å². The molecule has 0 bridgehead atoms. The summed E-state index contributed by atoms with van der Waals surface area (Å²) in [5, 5.41) is 0. The lowest BCUT2D eigenvalue weighted by molar-refractivity contribution is 0.355. The minimum absolute atomic E-state index is 0.617. The number of hydrogen-bond acceptors (Lipinski definition) is 5. The molecular weight excluding hydrogens is 328 g/mol. The predicted molar refractivity (Wildman–Crippen MR) is 105 cm³/mol. The summed E-state index contributed by atoms with van der Waals surface area (Å²) in [6.07, 6.45) is 3.57. The van der Waals surface area contributed by atoms with Crippen molar-refractivity contribution in [2.75, 3.05) is 33.2 Å². The standard InChI is InChI=1S/C20H22N4O2/c1-24(2)16-8-5-14(6-9-16)12-21-19-13-22-20(23-19)15-7-10-17(25-3)18(11-15)26-4/h5-13H,1-4H3,(H,22,23). The van der Waals surface area contributed by atoms with E-state index in [2.05, 4.69) is 32.0 Å². The van der Waals surface area contributed by atoms with Crippen LogP contribution in [0.1, 0.15) is 5.56 Å². The maximum Gasteiger partial charge on any atom is 0.170 e. The van der Waals surface area contributed by atoms with Crippen LogP contribution in [0.25, 0.3) is 11.4 Å². The van der Waals surface area contributed by atoms with Crippen molar-refractivity contribution < 1.29 is 9.47 Å². The van der Waals surface area contributed by atoms with E-state index < -0.39 is 0 Å². The quantitative estimate of drug-likeness (QED) is 0.685. The summed E-state index contributed by atoms with van der Waals surface area (Å²) in [5.41, 5.74) is 3.07. The summed E-state index contributed by atoms with van der Waals surface area (Å²) in [7, 11) is 7.26. The molecule has 6 nitrogen and oxygen atoms in total. The number of benzene rings is 2. The fourth-order valence-electron chi connectivity index (χ4n) is 2.51. The maximum atomic E-state index is 5.34. The van der Waals surface area contributed by atoms with Crippen molar-refractivity contribution >= 4 is 17.7 Å². The summed E-state index contributed by atoms with van der Waals surface area (Å²) in [6, 6.07) is 13.8. The minimum atomic E-state index is 0.617. The second-order valence-electron chi connectivity index (χ2n) is 5.92. The zero-order valence-electron chi connectivity index (χ0n) is 15.4. The highest BCUT2D eigenvalue weighted by atomic mass is 16.5. The zero-order valence-corrected chi connectivity index (χ0v) is 15.4. The number of hydrogen-bond donors (Lipinski definition) is 1. The van der Waals surface area contributed by atoms with Crippen LogP contribution >= 0.6 is 0 Å². The van der Waals surface area contributed by atoms with Crippen LogP contribution in [0.3, 0.4) is 0 Å². The fourth-order valence-corrected chi connectivity index (χ4v) is 2.51. The molecule has 3 rings (SSSR count). The molecule has 0 atom stereocenters. The second-order valence-corrected chi connectivity index (χ2v) is 5.92. The first-order valence-corrected chi connectivity index (χ1v) is 8.20. The number of H-pyrrole nitrogens is 1. The number of ether oxygens (including phenoxy) is 2. The molecule has 134 valence electrons. The summed E-state index contributed by atoms with van der Waals surface area (Å²) in [6.45, 7) is 0. The smallest absolute Gasteiger partial charge is 0.170 e. The van der Waals surface area contributed by atoms with E-state index in [4.69, 9.17) is 9.47 Å². The molecule has 0 aliphatic rings. The molecular formula is C20H22N4O2. The Morgan fingerprint density at radius 3 is 2.38 bits per heavy atom. The van der Waals surface area contributed by atoms with Crippen molar-refractivity contribution in [3.8, 4) is 22.9 Å². The molecule has 0 radical (unpaired) electrons. The first-order valence-electron chi connectivity index (χ1n) is 8.20. The Labute approximate surface area is 153 Å². The minimum Gasteiger partial charge on any atom is -0.493 e. The lowest BCUT2D eigenvalue weighted by Gasteiger charge is -2.11. The summed E-state index contributed by atoms with van der Waals surface area (Å²) in [5.74, 6) is 2.68. The first-order chi connectivity index (χ1) is 12.6. The van der Waals surface area contributed by atoms with Gasteiger partial charge in [-0.25, -0.2) is 9.98 Å². The van der Waals surface area contributed by atoms with Gasteiger partial charge in [0.05, 0.1) is 14.2 Å². The third-order valence-electron chi connectivity index (χ3n) is 3.98. The van der Waals surface area contributed by atoms with Crippen molar-refractivity contribution in [3.05, 3.63) is 54.2 Å². The molecule has 26 heavy (non-hydrogen) atoms. The van der Waals surface area contributed by atoms with Gasteiger partial charge in [0.15, 0.2) is 17.3 Å². The van der Waals surface area contributed by atoms with E-state index in [0.717, 1.165) is 22.6 Å². The molecule has 0 aliphatic carbocycles. The number of imidazole rings is 1. The molecule has 1 aromatic heterocycles. The molecule has 1 N–H and O–H groups in total. The number of aromatic nitrogens is 2. The number of nitrogens with zero attached hydrogens (tertiary/aromatic N) is 3. The van der Waals surface area contributed by atoms with Gasteiger partial charge < -0.3 is 19.4 Å². The molecule has 0 saturated carbocycles. The van der Waals surface area contributed by atoms with E-state index in [1.807, 2.05) is 44.4 Å². The Morgan fingerprint density at radius 1 is 1.00 bits per heavy atom. The van der Waals surface area contributed by atoms with Crippen LogP contribution in [0.4, 0.5) is 11.5 Å². The normalized spacial score (nSPS) is 10.9. The number of nitrogens with one attached hydrogen (secondary N) is 1. The number of methoxy groups -OCH3 is 2. The highest BCUT2D eigenvalue weighted by Crippen LogP contribution is 2.31. The van der Waals surface area contributed by atoms with Gasteiger partial charge in [-0.05, 0) is 35.9 Å². The molecule has 0 amide bonds. The Morgan fingerprint density at radius 2 is 1.73 bits per heavy atom. The number of aliphatic imine (C=N–C) groups is 1. The van der Waals surface area contributed by atoms with E-state index in [1.54, 1.807) is 26.6 Å². The topological polar surface area (TPSA) is 62.7 Å². The van der Waals surface area contributed by atoms with Crippen LogP contribution in [0.5, 0.6) is 11.5 Å². The molecule has 0 unspecified atom stereocenters. The average molecular weight is 350 g/mol. The molecule has 2 aromatic carbocycles. The Hall–Kier alpha value is -3.28. The van der Waals surface area contributed by atoms with Crippen molar-refractivity contribution in [1.82, 2.24) is 9.97 Å². The summed E-state index contributed by atoms with van der Waals surface area (Å²) in [4.78, 5) is 14.2. The highest BCUT2D eigenvalue weighted by molar-refractivity contribution is 5.82. The van der Waals surface area contributed by atoms with Gasteiger partial charge in [-0.3, -0.25) is 0 Å². The van der Waals surface area contributed by atoms with E-state index in [0.29, 0.717) is 17.3 Å². The van der Waals surface area contributed by atoms with Crippen LogP contribution in [0, 0.1) is 0 Å². The monoisotopic (exact) mass is 350 g/mol. The molecule has 0 fully saturated rings. The molecule has 3 aromatic rings. The molecule has 0 spiro atoms. The molecule has 0 aliphatic heterocycles.